The molecule has 0 radical (unpaired) electrons. The van der Waals surface area contributed by atoms with Gasteiger partial charge in [-0.15, -0.1) is 0 Å². The van der Waals surface area contributed by atoms with Gasteiger partial charge in [-0.3, -0.25) is 0 Å². The van der Waals surface area contributed by atoms with Crippen LogP contribution in [0.25, 0.3) is 0 Å². The number of aliphatic hydroxyl groups excluding tert-OH is 1. The van der Waals surface area contributed by atoms with Crippen molar-refractivity contribution in [1.29, 1.82) is 0 Å². The highest BCUT2D eigenvalue weighted by Crippen LogP contribution is 2.19. The van der Waals surface area contributed by atoms with Crippen molar-refractivity contribution >= 4 is 0 Å². The van der Waals surface area contributed by atoms with Crippen molar-refractivity contribution < 1.29 is 5.11 Å². The van der Waals surface area contributed by atoms with Gasteiger partial charge in [-0.25, -0.2) is 0 Å². The van der Waals surface area contributed by atoms with Crippen LogP contribution in [-0.2, 0) is 0 Å². The van der Waals surface area contributed by atoms with Crippen LogP contribution in [0.5, 0.6) is 0 Å². The van der Waals surface area contributed by atoms with E-state index in [1.54, 1.807) is 0 Å². The SMILES string of the molecule is CC1CCN(CC(O)c2ccccc2)CC1. The summed E-state index contributed by atoms with van der Waals surface area (Å²) >= 11 is 0. The minimum Gasteiger partial charge on any atom is -0.387 e. The molecular formula is C14H21NO. The Morgan fingerprint density at radius 2 is 1.88 bits per heavy atom. The minimum atomic E-state index is -0.338. The first-order chi connectivity index (χ1) is 7.75. The van der Waals surface area contributed by atoms with Crippen LogP contribution >= 0.6 is 0 Å². The van der Waals surface area contributed by atoms with E-state index >= 15 is 0 Å². The molecule has 0 aliphatic carbocycles. The Hall–Kier alpha value is -0.860. The summed E-state index contributed by atoms with van der Waals surface area (Å²) in [6.07, 6.45) is 2.19. The topological polar surface area (TPSA) is 23.5 Å². The lowest BCUT2D eigenvalue weighted by molar-refractivity contribution is 0.0916. The molecule has 88 valence electrons. The Kier molecular flexibility index (Phi) is 3.97. The van der Waals surface area contributed by atoms with Gasteiger partial charge in [0.15, 0.2) is 0 Å². The molecule has 2 nitrogen and oxygen atoms in total. The van der Waals surface area contributed by atoms with E-state index in [9.17, 15) is 5.11 Å². The van der Waals surface area contributed by atoms with Gasteiger partial charge < -0.3 is 10.0 Å². The van der Waals surface area contributed by atoms with Gasteiger partial charge in [0.2, 0.25) is 0 Å². The first kappa shape index (κ1) is 11.6. The molecule has 1 unspecified atom stereocenters. The third-order valence-electron chi connectivity index (χ3n) is 3.49. The first-order valence-corrected chi connectivity index (χ1v) is 6.21. The van der Waals surface area contributed by atoms with Crippen LogP contribution in [0.4, 0.5) is 0 Å². The van der Waals surface area contributed by atoms with Gasteiger partial charge in [0.1, 0.15) is 0 Å². The number of β-amino-alcohol motifs (C(OH)–C–C–N with tert-alkyl or cyclic N) is 1. The Labute approximate surface area is 97.9 Å². The lowest BCUT2D eigenvalue weighted by atomic mass is 9.98. The van der Waals surface area contributed by atoms with Crippen LogP contribution in [0, 0.1) is 5.92 Å². The zero-order valence-corrected chi connectivity index (χ0v) is 9.97. The molecule has 1 aromatic rings. The lowest BCUT2D eigenvalue weighted by Gasteiger charge is -2.31. The lowest BCUT2D eigenvalue weighted by Crippen LogP contribution is -2.35. The van der Waals surface area contributed by atoms with E-state index in [4.69, 9.17) is 0 Å². The number of rotatable bonds is 3. The number of benzene rings is 1. The summed E-state index contributed by atoms with van der Waals surface area (Å²) in [6, 6.07) is 9.95. The summed E-state index contributed by atoms with van der Waals surface area (Å²) < 4.78 is 0. The quantitative estimate of drug-likeness (QED) is 0.844. The monoisotopic (exact) mass is 219 g/mol. The maximum Gasteiger partial charge on any atom is 0.0916 e. The molecule has 1 aromatic carbocycles. The maximum atomic E-state index is 10.1. The van der Waals surface area contributed by atoms with Crippen LogP contribution in [0.15, 0.2) is 30.3 Å². The summed E-state index contributed by atoms with van der Waals surface area (Å²) in [7, 11) is 0. The van der Waals surface area contributed by atoms with E-state index in [0.717, 1.165) is 31.1 Å². The molecule has 0 saturated carbocycles. The number of piperidine rings is 1. The Bertz CT molecular complexity index is 304. The minimum absolute atomic E-state index is 0.338. The Morgan fingerprint density at radius 3 is 2.50 bits per heavy atom. The molecule has 1 heterocycles. The molecule has 1 fully saturated rings. The van der Waals surface area contributed by atoms with Crippen molar-refractivity contribution in [3.8, 4) is 0 Å². The molecule has 2 heteroatoms. The van der Waals surface area contributed by atoms with Crippen LogP contribution in [0.3, 0.4) is 0 Å². The number of likely N-dealkylation sites (tertiary alicyclic amines) is 1. The molecule has 0 amide bonds. The molecule has 1 aliphatic rings. The summed E-state index contributed by atoms with van der Waals surface area (Å²) in [6.45, 7) is 5.35. The van der Waals surface area contributed by atoms with Crippen LogP contribution < -0.4 is 0 Å². The van der Waals surface area contributed by atoms with Crippen molar-refractivity contribution in [2.75, 3.05) is 19.6 Å². The van der Waals surface area contributed by atoms with Crippen molar-refractivity contribution in [2.45, 2.75) is 25.9 Å². The van der Waals surface area contributed by atoms with Gasteiger partial charge in [-0.05, 0) is 37.4 Å². The molecule has 0 aromatic heterocycles. The van der Waals surface area contributed by atoms with Crippen LogP contribution in [0.2, 0.25) is 0 Å². The molecule has 1 N–H and O–H groups in total. The third kappa shape index (κ3) is 3.06. The smallest absolute Gasteiger partial charge is 0.0916 e. The van der Waals surface area contributed by atoms with Gasteiger partial charge >= 0.3 is 0 Å². The second-order valence-electron chi connectivity index (χ2n) is 4.91. The molecule has 1 saturated heterocycles. The summed E-state index contributed by atoms with van der Waals surface area (Å²) in [5.41, 5.74) is 1.03. The summed E-state index contributed by atoms with van der Waals surface area (Å²) in [4.78, 5) is 2.37. The van der Waals surface area contributed by atoms with Crippen LogP contribution in [-0.4, -0.2) is 29.6 Å². The predicted octanol–water partition coefficient (Wildman–Crippen LogP) is 2.45. The fourth-order valence-corrected chi connectivity index (χ4v) is 2.27. The van der Waals surface area contributed by atoms with Gasteiger partial charge in [0, 0.05) is 6.54 Å². The molecule has 0 bridgehead atoms. The van der Waals surface area contributed by atoms with Gasteiger partial charge in [-0.2, -0.15) is 0 Å². The molecule has 0 spiro atoms. The van der Waals surface area contributed by atoms with Crippen molar-refractivity contribution in [3.63, 3.8) is 0 Å². The highest BCUT2D eigenvalue weighted by atomic mass is 16.3. The molecule has 16 heavy (non-hydrogen) atoms. The average Bonchev–Trinajstić information content (AvgIpc) is 2.33. The number of hydrogen-bond acceptors (Lipinski definition) is 2. The number of nitrogens with zero attached hydrogens (tertiary/aromatic N) is 1. The molecule has 2 rings (SSSR count). The van der Waals surface area contributed by atoms with Crippen molar-refractivity contribution in [3.05, 3.63) is 35.9 Å². The second-order valence-corrected chi connectivity index (χ2v) is 4.91. The number of aliphatic hydroxyl groups is 1. The normalized spacial score (nSPS) is 20.9. The van der Waals surface area contributed by atoms with Gasteiger partial charge in [0.05, 0.1) is 6.10 Å². The average molecular weight is 219 g/mol. The Balaban J connectivity index is 1.86. The predicted molar refractivity (Wildman–Crippen MR) is 66.2 cm³/mol. The van der Waals surface area contributed by atoms with Gasteiger partial charge in [-0.1, -0.05) is 37.3 Å². The second kappa shape index (κ2) is 5.46. The zero-order valence-electron chi connectivity index (χ0n) is 9.97. The van der Waals surface area contributed by atoms with E-state index < -0.39 is 0 Å². The van der Waals surface area contributed by atoms with Gasteiger partial charge in [0.25, 0.3) is 0 Å². The summed E-state index contributed by atoms with van der Waals surface area (Å²) in [5, 5.41) is 10.1. The molecule has 1 aliphatic heterocycles. The van der Waals surface area contributed by atoms with Crippen molar-refractivity contribution in [1.82, 2.24) is 4.90 Å². The van der Waals surface area contributed by atoms with E-state index in [-0.39, 0.29) is 6.10 Å². The molecular weight excluding hydrogens is 198 g/mol. The third-order valence-corrected chi connectivity index (χ3v) is 3.49. The van der Waals surface area contributed by atoms with E-state index in [2.05, 4.69) is 11.8 Å². The van der Waals surface area contributed by atoms with Crippen LogP contribution in [0.1, 0.15) is 31.4 Å². The highest BCUT2D eigenvalue weighted by Gasteiger charge is 2.18. The van der Waals surface area contributed by atoms with E-state index in [1.165, 1.54) is 12.8 Å². The zero-order chi connectivity index (χ0) is 11.4. The standard InChI is InChI=1S/C14H21NO/c1-12-7-9-15(10-8-12)11-14(16)13-5-3-2-4-6-13/h2-6,12,14,16H,7-11H2,1H3. The largest absolute Gasteiger partial charge is 0.387 e. The fraction of sp³-hybridized carbons (Fsp3) is 0.571. The fourth-order valence-electron chi connectivity index (χ4n) is 2.27. The van der Waals surface area contributed by atoms with Crippen molar-refractivity contribution in [2.24, 2.45) is 5.92 Å². The highest BCUT2D eigenvalue weighted by molar-refractivity contribution is 5.17. The maximum absolute atomic E-state index is 10.1. The van der Waals surface area contributed by atoms with E-state index in [1.807, 2.05) is 30.3 Å². The number of hydrogen-bond donors (Lipinski definition) is 1. The Morgan fingerprint density at radius 1 is 1.25 bits per heavy atom. The summed E-state index contributed by atoms with van der Waals surface area (Å²) in [5.74, 6) is 0.852. The molecule has 1 atom stereocenters. The van der Waals surface area contributed by atoms with E-state index in [0.29, 0.717) is 0 Å². The first-order valence-electron chi connectivity index (χ1n) is 6.21.